The van der Waals surface area contributed by atoms with Gasteiger partial charge in [0.1, 0.15) is 0 Å². The number of hydrogen-bond acceptors (Lipinski definition) is 3. The monoisotopic (exact) mass is 288 g/mol. The van der Waals surface area contributed by atoms with Crippen LogP contribution in [0.4, 0.5) is 0 Å². The molecule has 0 unspecified atom stereocenters. The molecule has 0 atom stereocenters. The fraction of sp³-hybridized carbons (Fsp3) is 0.500. The first-order valence-electron chi connectivity index (χ1n) is 7.35. The molecule has 2 aromatic rings. The SMILES string of the molecule is Cc1ccsc1C(=O)Cc1ccn(C2CCCCC2)n1. The maximum Gasteiger partial charge on any atom is 0.179 e. The fourth-order valence-corrected chi connectivity index (χ4v) is 3.79. The standard InChI is InChI=1S/C16H20N2OS/c1-12-8-10-20-16(12)15(19)11-13-7-9-18(17-13)14-5-3-2-4-6-14/h7-10,14H,2-6,11H2,1H3. The van der Waals surface area contributed by atoms with E-state index in [1.54, 1.807) is 0 Å². The number of aromatic nitrogens is 2. The molecule has 1 aliphatic rings. The maximum absolute atomic E-state index is 12.2. The number of carbonyl (C=O) groups excluding carboxylic acids is 1. The van der Waals surface area contributed by atoms with Crippen LogP contribution in [0.25, 0.3) is 0 Å². The van der Waals surface area contributed by atoms with Gasteiger partial charge in [-0.15, -0.1) is 11.3 Å². The zero-order valence-electron chi connectivity index (χ0n) is 11.8. The van der Waals surface area contributed by atoms with Crippen molar-refractivity contribution >= 4 is 17.1 Å². The third kappa shape index (κ3) is 2.85. The minimum atomic E-state index is 0.186. The Bertz CT molecular complexity index is 593. The van der Waals surface area contributed by atoms with Crippen LogP contribution in [-0.4, -0.2) is 15.6 Å². The lowest BCUT2D eigenvalue weighted by atomic mass is 9.96. The maximum atomic E-state index is 12.2. The molecule has 0 aromatic carbocycles. The molecule has 0 aliphatic heterocycles. The summed E-state index contributed by atoms with van der Waals surface area (Å²) in [6.45, 7) is 1.99. The molecule has 2 aromatic heterocycles. The van der Waals surface area contributed by atoms with E-state index in [4.69, 9.17) is 0 Å². The summed E-state index contributed by atoms with van der Waals surface area (Å²) in [5.74, 6) is 0.186. The summed E-state index contributed by atoms with van der Waals surface area (Å²) in [7, 11) is 0. The molecular weight excluding hydrogens is 268 g/mol. The Balaban J connectivity index is 1.68. The Kier molecular flexibility index (Phi) is 4.01. The number of ketones is 1. The molecular formula is C16H20N2OS. The van der Waals surface area contributed by atoms with Crippen molar-refractivity contribution in [3.63, 3.8) is 0 Å². The molecule has 0 N–H and O–H groups in total. The van der Waals surface area contributed by atoms with Crippen molar-refractivity contribution in [2.75, 3.05) is 0 Å². The Labute approximate surface area is 123 Å². The average molecular weight is 288 g/mol. The normalized spacial score (nSPS) is 16.4. The summed E-state index contributed by atoms with van der Waals surface area (Å²) in [5.41, 5.74) is 1.97. The van der Waals surface area contributed by atoms with Gasteiger partial charge in [0, 0.05) is 6.20 Å². The zero-order chi connectivity index (χ0) is 13.9. The summed E-state index contributed by atoms with van der Waals surface area (Å²) >= 11 is 1.53. The van der Waals surface area contributed by atoms with Crippen molar-refractivity contribution in [1.82, 2.24) is 9.78 Å². The fourth-order valence-electron chi connectivity index (χ4n) is 2.92. The quantitative estimate of drug-likeness (QED) is 0.791. The van der Waals surface area contributed by atoms with E-state index in [0.29, 0.717) is 12.5 Å². The lowest BCUT2D eigenvalue weighted by Crippen LogP contribution is -2.14. The van der Waals surface area contributed by atoms with Crippen LogP contribution in [0.3, 0.4) is 0 Å². The number of nitrogens with zero attached hydrogens (tertiary/aromatic N) is 2. The van der Waals surface area contributed by atoms with E-state index in [-0.39, 0.29) is 5.78 Å². The second kappa shape index (κ2) is 5.92. The predicted octanol–water partition coefficient (Wildman–Crippen LogP) is 4.18. The molecule has 4 heteroatoms. The van der Waals surface area contributed by atoms with E-state index in [0.717, 1.165) is 16.1 Å². The van der Waals surface area contributed by atoms with Gasteiger partial charge in [0.15, 0.2) is 5.78 Å². The number of hydrogen-bond donors (Lipinski definition) is 0. The highest BCUT2D eigenvalue weighted by Gasteiger charge is 2.17. The first-order valence-corrected chi connectivity index (χ1v) is 8.23. The molecule has 2 heterocycles. The molecule has 3 nitrogen and oxygen atoms in total. The van der Waals surface area contributed by atoms with Gasteiger partial charge in [-0.3, -0.25) is 9.48 Å². The summed E-state index contributed by atoms with van der Waals surface area (Å²) in [6, 6.07) is 4.53. The van der Waals surface area contributed by atoms with E-state index in [1.165, 1.54) is 43.4 Å². The lowest BCUT2D eigenvalue weighted by Gasteiger charge is -2.21. The van der Waals surface area contributed by atoms with Gasteiger partial charge >= 0.3 is 0 Å². The third-order valence-electron chi connectivity index (χ3n) is 4.07. The number of carbonyl (C=O) groups is 1. The molecule has 0 amide bonds. The van der Waals surface area contributed by atoms with Gasteiger partial charge in [0.2, 0.25) is 0 Å². The summed E-state index contributed by atoms with van der Waals surface area (Å²) in [6.07, 6.45) is 8.85. The van der Waals surface area contributed by atoms with Gasteiger partial charge in [-0.25, -0.2) is 0 Å². The third-order valence-corrected chi connectivity index (χ3v) is 5.13. The smallest absolute Gasteiger partial charge is 0.179 e. The molecule has 3 rings (SSSR count). The molecule has 106 valence electrons. The van der Waals surface area contributed by atoms with Crippen molar-refractivity contribution in [2.45, 2.75) is 51.5 Å². The molecule has 0 spiro atoms. The van der Waals surface area contributed by atoms with E-state index >= 15 is 0 Å². The minimum Gasteiger partial charge on any atom is -0.293 e. The van der Waals surface area contributed by atoms with Crippen molar-refractivity contribution < 1.29 is 4.79 Å². The first kappa shape index (κ1) is 13.6. The Morgan fingerprint density at radius 1 is 1.35 bits per heavy atom. The molecule has 0 saturated heterocycles. The lowest BCUT2D eigenvalue weighted by molar-refractivity contribution is 0.0995. The van der Waals surface area contributed by atoms with Crippen LogP contribution >= 0.6 is 11.3 Å². The summed E-state index contributed by atoms with van der Waals surface area (Å²) in [5, 5.41) is 6.59. The van der Waals surface area contributed by atoms with Crippen LogP contribution in [0.5, 0.6) is 0 Å². The topological polar surface area (TPSA) is 34.9 Å². The van der Waals surface area contributed by atoms with E-state index < -0.39 is 0 Å². The second-order valence-electron chi connectivity index (χ2n) is 5.61. The molecule has 0 radical (unpaired) electrons. The zero-order valence-corrected chi connectivity index (χ0v) is 12.7. The molecule has 20 heavy (non-hydrogen) atoms. The Morgan fingerprint density at radius 2 is 2.15 bits per heavy atom. The van der Waals surface area contributed by atoms with Gasteiger partial charge in [-0.1, -0.05) is 19.3 Å². The van der Waals surface area contributed by atoms with Crippen LogP contribution < -0.4 is 0 Å². The van der Waals surface area contributed by atoms with Crippen molar-refractivity contribution in [1.29, 1.82) is 0 Å². The minimum absolute atomic E-state index is 0.186. The number of aryl methyl sites for hydroxylation is 1. The average Bonchev–Trinajstić information content (AvgIpc) is 3.09. The highest BCUT2D eigenvalue weighted by atomic mass is 32.1. The van der Waals surface area contributed by atoms with Gasteiger partial charge in [-0.2, -0.15) is 5.10 Å². The van der Waals surface area contributed by atoms with E-state index in [2.05, 4.69) is 9.78 Å². The van der Waals surface area contributed by atoms with Gasteiger partial charge in [0.05, 0.1) is 23.0 Å². The molecule has 1 saturated carbocycles. The Morgan fingerprint density at radius 3 is 2.85 bits per heavy atom. The van der Waals surface area contributed by atoms with Gasteiger partial charge in [-0.05, 0) is 42.8 Å². The van der Waals surface area contributed by atoms with Crippen LogP contribution in [0, 0.1) is 6.92 Å². The Hall–Kier alpha value is -1.42. The summed E-state index contributed by atoms with van der Waals surface area (Å²) < 4.78 is 2.07. The van der Waals surface area contributed by atoms with Crippen LogP contribution in [0.15, 0.2) is 23.7 Å². The van der Waals surface area contributed by atoms with Crippen LogP contribution in [0.1, 0.15) is 59.1 Å². The number of thiophene rings is 1. The highest BCUT2D eigenvalue weighted by Crippen LogP contribution is 2.27. The number of Topliss-reactive ketones (excluding diaryl/α,β-unsaturated/α-hetero) is 1. The van der Waals surface area contributed by atoms with E-state index in [1.807, 2.05) is 30.6 Å². The highest BCUT2D eigenvalue weighted by molar-refractivity contribution is 7.12. The van der Waals surface area contributed by atoms with Crippen LogP contribution in [0.2, 0.25) is 0 Å². The predicted molar refractivity (Wildman–Crippen MR) is 81.4 cm³/mol. The van der Waals surface area contributed by atoms with Crippen molar-refractivity contribution in [2.24, 2.45) is 0 Å². The van der Waals surface area contributed by atoms with Gasteiger partial charge < -0.3 is 0 Å². The summed E-state index contributed by atoms with van der Waals surface area (Å²) in [4.78, 5) is 13.1. The van der Waals surface area contributed by atoms with Gasteiger partial charge in [0.25, 0.3) is 0 Å². The second-order valence-corrected chi connectivity index (χ2v) is 6.53. The van der Waals surface area contributed by atoms with Crippen molar-refractivity contribution in [3.05, 3.63) is 39.8 Å². The van der Waals surface area contributed by atoms with E-state index in [9.17, 15) is 4.79 Å². The van der Waals surface area contributed by atoms with Crippen LogP contribution in [-0.2, 0) is 6.42 Å². The molecule has 1 fully saturated rings. The first-order chi connectivity index (χ1) is 9.74. The largest absolute Gasteiger partial charge is 0.293 e. The molecule has 0 bridgehead atoms. The van der Waals surface area contributed by atoms with Crippen molar-refractivity contribution in [3.8, 4) is 0 Å². The molecule has 1 aliphatic carbocycles. The number of rotatable bonds is 4.